The molecule has 1 heterocycles. The lowest BCUT2D eigenvalue weighted by molar-refractivity contribution is -0.118. The Bertz CT molecular complexity index is 372. The molecule has 0 spiro atoms. The first-order valence-corrected chi connectivity index (χ1v) is 7.00. The van der Waals surface area contributed by atoms with Crippen LogP contribution in [0.25, 0.3) is 0 Å². The second-order valence-electron chi connectivity index (χ2n) is 4.31. The number of benzene rings is 1. The van der Waals surface area contributed by atoms with Crippen molar-refractivity contribution in [2.45, 2.75) is 18.9 Å². The Hall–Kier alpha value is -1.00. The summed E-state index contributed by atoms with van der Waals surface area (Å²) in [7, 11) is 0. The lowest BCUT2D eigenvalue weighted by atomic mass is 10.0. The van der Waals surface area contributed by atoms with Crippen molar-refractivity contribution < 1.29 is 9.90 Å². The highest BCUT2D eigenvalue weighted by molar-refractivity contribution is 7.99. The van der Waals surface area contributed by atoms with E-state index in [-0.39, 0.29) is 11.5 Å². The molecule has 1 fully saturated rings. The van der Waals surface area contributed by atoms with Gasteiger partial charge in [-0.15, -0.1) is 0 Å². The second kappa shape index (κ2) is 6.07. The minimum Gasteiger partial charge on any atom is -0.508 e. The van der Waals surface area contributed by atoms with Crippen LogP contribution in [0.4, 0.5) is 0 Å². The van der Waals surface area contributed by atoms with Crippen molar-refractivity contribution in [1.82, 2.24) is 5.32 Å². The molecule has 2 N–H and O–H groups in total. The molecule has 1 saturated heterocycles. The zero-order valence-electron chi connectivity index (χ0n) is 9.69. The first kappa shape index (κ1) is 12.5. The summed E-state index contributed by atoms with van der Waals surface area (Å²) in [5, 5.41) is 12.5. The van der Waals surface area contributed by atoms with Gasteiger partial charge in [0.25, 0.3) is 0 Å². The van der Waals surface area contributed by atoms with E-state index in [0.29, 0.717) is 18.9 Å². The van der Waals surface area contributed by atoms with Crippen LogP contribution >= 0.6 is 11.8 Å². The maximum Gasteiger partial charge on any atom is 0.138 e. The number of hydrogen-bond donors (Lipinski definition) is 2. The summed E-state index contributed by atoms with van der Waals surface area (Å²) in [5.74, 6) is 2.67. The van der Waals surface area contributed by atoms with Crippen molar-refractivity contribution in [3.8, 4) is 5.75 Å². The average Bonchev–Trinajstić information content (AvgIpc) is 2.33. The van der Waals surface area contributed by atoms with E-state index in [1.165, 1.54) is 0 Å². The van der Waals surface area contributed by atoms with Crippen LogP contribution < -0.4 is 5.32 Å². The number of aromatic hydroxyl groups is 1. The van der Waals surface area contributed by atoms with Crippen LogP contribution in [-0.4, -0.2) is 35.0 Å². The molecule has 3 nitrogen and oxygen atoms in total. The van der Waals surface area contributed by atoms with Crippen molar-refractivity contribution >= 4 is 17.5 Å². The summed E-state index contributed by atoms with van der Waals surface area (Å²) < 4.78 is 0. The molecule has 1 aromatic carbocycles. The molecule has 1 aromatic rings. The van der Waals surface area contributed by atoms with E-state index in [9.17, 15) is 4.79 Å². The van der Waals surface area contributed by atoms with E-state index in [1.807, 2.05) is 11.8 Å². The third kappa shape index (κ3) is 4.06. The number of phenolic OH excluding ortho intramolecular Hbond substituents is 1. The van der Waals surface area contributed by atoms with Gasteiger partial charge in [-0.25, -0.2) is 0 Å². The Balaban J connectivity index is 1.82. The molecule has 92 valence electrons. The second-order valence-corrected chi connectivity index (χ2v) is 5.46. The van der Waals surface area contributed by atoms with Gasteiger partial charge in [0.2, 0.25) is 0 Å². The quantitative estimate of drug-likeness (QED) is 0.853. The van der Waals surface area contributed by atoms with Gasteiger partial charge in [0.15, 0.2) is 0 Å². The largest absolute Gasteiger partial charge is 0.508 e. The number of Topliss-reactive ketones (excluding diaryl/α,β-unsaturated/α-hetero) is 1. The fourth-order valence-electron chi connectivity index (χ4n) is 1.94. The average molecular weight is 251 g/mol. The van der Waals surface area contributed by atoms with Crippen LogP contribution in [0, 0.1) is 0 Å². The molecule has 4 heteroatoms. The number of ketones is 1. The Morgan fingerprint density at radius 2 is 2.18 bits per heavy atom. The van der Waals surface area contributed by atoms with Gasteiger partial charge < -0.3 is 10.4 Å². The SMILES string of the molecule is O=C(Cc1ccc(O)cc1)CC1CSCCN1. The van der Waals surface area contributed by atoms with Gasteiger partial charge in [-0.05, 0) is 17.7 Å². The third-order valence-corrected chi connectivity index (χ3v) is 3.94. The number of rotatable bonds is 4. The lowest BCUT2D eigenvalue weighted by Gasteiger charge is -2.22. The molecular weight excluding hydrogens is 234 g/mol. The summed E-state index contributed by atoms with van der Waals surface area (Å²) in [6.07, 6.45) is 1.07. The lowest BCUT2D eigenvalue weighted by Crippen LogP contribution is -2.39. The molecule has 2 rings (SSSR count). The minimum absolute atomic E-state index is 0.242. The fraction of sp³-hybridized carbons (Fsp3) is 0.462. The molecule has 0 radical (unpaired) electrons. The fourth-order valence-corrected chi connectivity index (χ4v) is 2.89. The van der Waals surface area contributed by atoms with Crippen LogP contribution in [0.3, 0.4) is 0 Å². The van der Waals surface area contributed by atoms with Crippen LogP contribution in [-0.2, 0) is 11.2 Å². The molecule has 1 atom stereocenters. The molecule has 17 heavy (non-hydrogen) atoms. The minimum atomic E-state index is 0.242. The number of carbonyl (C=O) groups is 1. The first-order valence-electron chi connectivity index (χ1n) is 5.85. The Morgan fingerprint density at radius 3 is 2.82 bits per heavy atom. The van der Waals surface area contributed by atoms with Crippen LogP contribution in [0.2, 0.25) is 0 Å². The summed E-state index contributed by atoms with van der Waals surface area (Å²) in [5.41, 5.74) is 0.969. The molecule has 1 aliphatic heterocycles. The van der Waals surface area contributed by atoms with E-state index in [0.717, 1.165) is 23.6 Å². The number of thioether (sulfide) groups is 1. The Kier molecular flexibility index (Phi) is 4.45. The smallest absolute Gasteiger partial charge is 0.138 e. The first-order chi connectivity index (χ1) is 8.24. The van der Waals surface area contributed by atoms with Crippen LogP contribution in [0.5, 0.6) is 5.75 Å². The van der Waals surface area contributed by atoms with E-state index in [4.69, 9.17) is 5.11 Å². The van der Waals surface area contributed by atoms with E-state index >= 15 is 0 Å². The van der Waals surface area contributed by atoms with Gasteiger partial charge in [-0.1, -0.05) is 12.1 Å². The van der Waals surface area contributed by atoms with Crippen molar-refractivity contribution in [2.24, 2.45) is 0 Å². The van der Waals surface area contributed by atoms with Crippen molar-refractivity contribution in [1.29, 1.82) is 0 Å². The Labute approximate surface area is 106 Å². The molecular formula is C13H17NO2S. The maximum atomic E-state index is 11.9. The molecule has 0 bridgehead atoms. The van der Waals surface area contributed by atoms with Gasteiger partial charge in [-0.2, -0.15) is 11.8 Å². The standard InChI is InChI=1S/C13H17NO2S/c15-12-3-1-10(2-4-12)7-13(16)8-11-9-17-6-5-14-11/h1-4,11,14-15H,5-9H2. The molecule has 0 aliphatic carbocycles. The molecule has 0 amide bonds. The number of phenols is 1. The van der Waals surface area contributed by atoms with Gasteiger partial charge >= 0.3 is 0 Å². The van der Waals surface area contributed by atoms with E-state index in [2.05, 4.69) is 5.32 Å². The zero-order valence-corrected chi connectivity index (χ0v) is 10.5. The topological polar surface area (TPSA) is 49.3 Å². The summed E-state index contributed by atoms with van der Waals surface area (Å²) in [6, 6.07) is 7.18. The van der Waals surface area contributed by atoms with E-state index < -0.39 is 0 Å². The molecule has 0 saturated carbocycles. The summed E-state index contributed by atoms with van der Waals surface area (Å²) in [4.78, 5) is 11.9. The predicted octanol–water partition coefficient (Wildman–Crippen LogP) is 1.60. The van der Waals surface area contributed by atoms with Crippen LogP contribution in [0.15, 0.2) is 24.3 Å². The highest BCUT2D eigenvalue weighted by Gasteiger charge is 2.16. The van der Waals surface area contributed by atoms with Crippen molar-refractivity contribution in [3.63, 3.8) is 0 Å². The normalized spacial score (nSPS) is 20.1. The number of carbonyl (C=O) groups excluding carboxylic acids is 1. The zero-order chi connectivity index (χ0) is 12.1. The molecule has 0 aromatic heterocycles. The molecule has 1 aliphatic rings. The van der Waals surface area contributed by atoms with Crippen molar-refractivity contribution in [3.05, 3.63) is 29.8 Å². The van der Waals surface area contributed by atoms with Crippen molar-refractivity contribution in [2.75, 3.05) is 18.1 Å². The molecule has 1 unspecified atom stereocenters. The highest BCUT2D eigenvalue weighted by Crippen LogP contribution is 2.14. The van der Waals surface area contributed by atoms with Gasteiger partial charge in [0.1, 0.15) is 11.5 Å². The highest BCUT2D eigenvalue weighted by atomic mass is 32.2. The van der Waals surface area contributed by atoms with Gasteiger partial charge in [0, 0.05) is 36.9 Å². The predicted molar refractivity (Wildman–Crippen MR) is 70.6 cm³/mol. The third-order valence-electron chi connectivity index (χ3n) is 2.81. The maximum absolute atomic E-state index is 11.9. The summed E-state index contributed by atoms with van der Waals surface area (Å²) in [6.45, 7) is 1.00. The summed E-state index contributed by atoms with van der Waals surface area (Å²) >= 11 is 1.91. The van der Waals surface area contributed by atoms with Gasteiger partial charge in [0.05, 0.1) is 0 Å². The Morgan fingerprint density at radius 1 is 1.41 bits per heavy atom. The number of hydrogen-bond acceptors (Lipinski definition) is 4. The van der Waals surface area contributed by atoms with Gasteiger partial charge in [-0.3, -0.25) is 4.79 Å². The number of nitrogens with one attached hydrogen (secondary N) is 1. The van der Waals surface area contributed by atoms with Crippen LogP contribution in [0.1, 0.15) is 12.0 Å². The van der Waals surface area contributed by atoms with E-state index in [1.54, 1.807) is 24.3 Å². The monoisotopic (exact) mass is 251 g/mol.